The van der Waals surface area contributed by atoms with Crippen LogP contribution in [-0.4, -0.2) is 25.2 Å². The second-order valence-corrected chi connectivity index (χ2v) is 4.18. The number of methoxy groups -OCH3 is 2. The van der Waals surface area contributed by atoms with E-state index in [4.69, 9.17) is 9.47 Å². The van der Waals surface area contributed by atoms with Crippen LogP contribution in [0.5, 0.6) is 0 Å². The first kappa shape index (κ1) is 11.1. The van der Waals surface area contributed by atoms with Crippen LogP contribution in [-0.2, 0) is 20.7 Å². The molecule has 5 heteroatoms. The van der Waals surface area contributed by atoms with Crippen molar-refractivity contribution >= 4 is 27.7 Å². The van der Waals surface area contributed by atoms with Crippen LogP contribution in [0.3, 0.4) is 0 Å². The van der Waals surface area contributed by atoms with Crippen LogP contribution in [0, 0.1) is 0 Å². The van der Waals surface area contributed by atoms with Crippen LogP contribution in [0.2, 0.25) is 0 Å². The first-order valence-corrected chi connectivity index (χ1v) is 5.46. The third-order valence-corrected chi connectivity index (χ3v) is 3.20. The van der Waals surface area contributed by atoms with Crippen molar-refractivity contribution in [3.63, 3.8) is 0 Å². The molecule has 0 aromatic carbocycles. The van der Waals surface area contributed by atoms with Crippen LogP contribution in [0.15, 0.2) is 22.4 Å². The van der Waals surface area contributed by atoms with Crippen molar-refractivity contribution in [3.05, 3.63) is 33.6 Å². The maximum absolute atomic E-state index is 11.6. The Hall–Kier alpha value is -1.36. The van der Waals surface area contributed by atoms with Crippen LogP contribution in [0.1, 0.15) is 11.1 Å². The highest BCUT2D eigenvalue weighted by Gasteiger charge is 2.29. The van der Waals surface area contributed by atoms with Gasteiger partial charge in [-0.05, 0) is 21.5 Å². The third kappa shape index (κ3) is 1.61. The van der Waals surface area contributed by atoms with E-state index in [1.54, 1.807) is 12.4 Å². The summed E-state index contributed by atoms with van der Waals surface area (Å²) < 4.78 is 10.8. The molecule has 1 aliphatic rings. The Kier molecular flexibility index (Phi) is 2.96. The molecule has 0 atom stereocenters. The van der Waals surface area contributed by atoms with Crippen LogP contribution in [0.4, 0.5) is 0 Å². The maximum Gasteiger partial charge on any atom is 0.337 e. The quantitative estimate of drug-likeness (QED) is 0.779. The lowest BCUT2D eigenvalue weighted by atomic mass is 10.1. The average Bonchev–Trinajstić information content (AvgIpc) is 2.68. The average molecular weight is 284 g/mol. The lowest BCUT2D eigenvalue weighted by Gasteiger charge is -2.05. The minimum absolute atomic E-state index is 0.361. The number of carbonyl (C=O) groups excluding carboxylic acids is 1. The van der Waals surface area contributed by atoms with E-state index in [0.29, 0.717) is 17.8 Å². The Morgan fingerprint density at radius 3 is 2.81 bits per heavy atom. The largest absolute Gasteiger partial charge is 0.495 e. The minimum Gasteiger partial charge on any atom is -0.495 e. The number of pyridine rings is 1. The molecular weight excluding hydrogens is 274 g/mol. The molecule has 0 bridgehead atoms. The van der Waals surface area contributed by atoms with Gasteiger partial charge in [0.05, 0.1) is 19.8 Å². The van der Waals surface area contributed by atoms with Crippen LogP contribution >= 0.6 is 15.9 Å². The summed E-state index contributed by atoms with van der Waals surface area (Å²) in [5.41, 5.74) is 2.39. The molecule has 1 aliphatic carbocycles. The monoisotopic (exact) mass is 283 g/mol. The van der Waals surface area contributed by atoms with Gasteiger partial charge in [0.1, 0.15) is 5.76 Å². The minimum atomic E-state index is -0.361. The molecule has 16 heavy (non-hydrogen) atoms. The number of hydrogen-bond acceptors (Lipinski definition) is 4. The van der Waals surface area contributed by atoms with Gasteiger partial charge in [0.15, 0.2) is 0 Å². The highest BCUT2D eigenvalue weighted by molar-refractivity contribution is 9.10. The summed E-state index contributed by atoms with van der Waals surface area (Å²) in [6.07, 6.45) is 3.90. The van der Waals surface area contributed by atoms with Gasteiger partial charge in [-0.3, -0.25) is 4.98 Å². The topological polar surface area (TPSA) is 48.4 Å². The van der Waals surface area contributed by atoms with Gasteiger partial charge in [0.2, 0.25) is 0 Å². The van der Waals surface area contributed by atoms with Crippen LogP contribution in [0.25, 0.3) is 5.76 Å². The summed E-state index contributed by atoms with van der Waals surface area (Å²) in [5, 5.41) is 0. The summed E-state index contributed by atoms with van der Waals surface area (Å²) in [7, 11) is 2.90. The van der Waals surface area contributed by atoms with Gasteiger partial charge in [0, 0.05) is 28.9 Å². The molecule has 1 aromatic rings. The summed E-state index contributed by atoms with van der Waals surface area (Å²) >= 11 is 3.41. The Labute approximate surface area is 101 Å². The van der Waals surface area contributed by atoms with E-state index in [2.05, 4.69) is 20.9 Å². The molecule has 0 N–H and O–H groups in total. The van der Waals surface area contributed by atoms with E-state index in [0.717, 1.165) is 15.6 Å². The number of hydrogen-bond donors (Lipinski definition) is 0. The molecule has 0 radical (unpaired) electrons. The van der Waals surface area contributed by atoms with Crippen molar-refractivity contribution in [3.8, 4) is 0 Å². The molecule has 0 saturated heterocycles. The lowest BCUT2D eigenvalue weighted by molar-refractivity contribution is -0.136. The summed E-state index contributed by atoms with van der Waals surface area (Å²) in [6, 6.07) is 0. The van der Waals surface area contributed by atoms with Gasteiger partial charge >= 0.3 is 5.97 Å². The molecule has 0 fully saturated rings. The highest BCUT2D eigenvalue weighted by atomic mass is 79.9. The molecule has 2 rings (SSSR count). The Balaban J connectivity index is 2.53. The first-order chi connectivity index (χ1) is 7.69. The van der Waals surface area contributed by atoms with Gasteiger partial charge in [-0.1, -0.05) is 0 Å². The number of halogens is 1. The molecule has 1 heterocycles. The predicted octanol–water partition coefficient (Wildman–Crippen LogP) is 1.93. The fourth-order valence-corrected chi connectivity index (χ4v) is 2.25. The van der Waals surface area contributed by atoms with Gasteiger partial charge < -0.3 is 9.47 Å². The molecule has 0 aliphatic heterocycles. The lowest BCUT2D eigenvalue weighted by Crippen LogP contribution is -2.06. The molecular formula is C11H10BrNO3. The van der Waals surface area contributed by atoms with E-state index < -0.39 is 0 Å². The second kappa shape index (κ2) is 4.25. The van der Waals surface area contributed by atoms with Crippen molar-refractivity contribution in [2.45, 2.75) is 6.42 Å². The Bertz CT molecular complexity index is 482. The van der Waals surface area contributed by atoms with Gasteiger partial charge in [-0.15, -0.1) is 0 Å². The van der Waals surface area contributed by atoms with Crippen molar-refractivity contribution in [2.75, 3.05) is 14.2 Å². The first-order valence-electron chi connectivity index (χ1n) is 4.67. The van der Waals surface area contributed by atoms with Gasteiger partial charge in [-0.2, -0.15) is 0 Å². The standard InChI is InChI=1S/C11H10BrNO3/c1-15-10-7(11(14)16-2)3-6-8(10)4-13-5-9(6)12/h4-5H,3H2,1-2H3. The summed E-state index contributed by atoms with van der Waals surface area (Å²) in [5.74, 6) is 0.190. The maximum atomic E-state index is 11.6. The number of aromatic nitrogens is 1. The van der Waals surface area contributed by atoms with Crippen molar-refractivity contribution in [1.29, 1.82) is 0 Å². The fourth-order valence-electron chi connectivity index (χ4n) is 1.78. The number of ether oxygens (including phenoxy) is 2. The molecule has 1 aromatic heterocycles. The van der Waals surface area contributed by atoms with E-state index in [1.807, 2.05) is 0 Å². The van der Waals surface area contributed by atoms with E-state index in [1.165, 1.54) is 14.2 Å². The van der Waals surface area contributed by atoms with Crippen molar-refractivity contribution < 1.29 is 14.3 Å². The highest BCUT2D eigenvalue weighted by Crippen LogP contribution is 2.36. The fraction of sp³-hybridized carbons (Fsp3) is 0.273. The molecule has 0 saturated carbocycles. The summed E-state index contributed by atoms with van der Waals surface area (Å²) in [4.78, 5) is 15.6. The molecule has 4 nitrogen and oxygen atoms in total. The zero-order valence-electron chi connectivity index (χ0n) is 8.91. The Morgan fingerprint density at radius 1 is 1.44 bits per heavy atom. The zero-order chi connectivity index (χ0) is 11.7. The molecule has 84 valence electrons. The van der Waals surface area contributed by atoms with Crippen molar-refractivity contribution in [2.24, 2.45) is 0 Å². The van der Waals surface area contributed by atoms with E-state index in [-0.39, 0.29) is 5.97 Å². The second-order valence-electron chi connectivity index (χ2n) is 3.33. The molecule has 0 amide bonds. The van der Waals surface area contributed by atoms with Crippen LogP contribution < -0.4 is 0 Å². The number of esters is 1. The van der Waals surface area contributed by atoms with Gasteiger partial charge in [0.25, 0.3) is 0 Å². The smallest absolute Gasteiger partial charge is 0.337 e. The Morgan fingerprint density at radius 2 is 2.19 bits per heavy atom. The number of fused-ring (bicyclic) bond motifs is 1. The number of nitrogens with zero attached hydrogens (tertiary/aromatic N) is 1. The van der Waals surface area contributed by atoms with E-state index >= 15 is 0 Å². The molecule has 0 unspecified atom stereocenters. The number of rotatable bonds is 2. The zero-order valence-corrected chi connectivity index (χ0v) is 10.5. The summed E-state index contributed by atoms with van der Waals surface area (Å²) in [6.45, 7) is 0. The predicted molar refractivity (Wildman–Crippen MR) is 61.6 cm³/mol. The third-order valence-electron chi connectivity index (χ3n) is 2.51. The SMILES string of the molecule is COC(=O)C1=C(OC)c2cncc(Br)c2C1. The van der Waals surface area contributed by atoms with Crippen molar-refractivity contribution in [1.82, 2.24) is 4.98 Å². The molecule has 0 spiro atoms. The van der Waals surface area contributed by atoms with Gasteiger partial charge in [-0.25, -0.2) is 4.79 Å². The normalized spacial score (nSPS) is 13.7. The number of carbonyl (C=O) groups is 1. The van der Waals surface area contributed by atoms with E-state index in [9.17, 15) is 4.79 Å².